The van der Waals surface area contributed by atoms with Gasteiger partial charge in [0.1, 0.15) is 11.4 Å². The van der Waals surface area contributed by atoms with E-state index in [2.05, 4.69) is 36.1 Å². The van der Waals surface area contributed by atoms with Crippen molar-refractivity contribution in [3.8, 4) is 22.7 Å². The van der Waals surface area contributed by atoms with Gasteiger partial charge in [-0.1, -0.05) is 42.5 Å². The predicted molar refractivity (Wildman–Crippen MR) is 135 cm³/mol. The van der Waals surface area contributed by atoms with Gasteiger partial charge in [-0.15, -0.1) is 0 Å². The Hall–Kier alpha value is -4.06. The fourth-order valence-electron chi connectivity index (χ4n) is 4.45. The third kappa shape index (κ3) is 4.27. The van der Waals surface area contributed by atoms with Gasteiger partial charge in [0, 0.05) is 43.6 Å². The van der Waals surface area contributed by atoms with Crippen LogP contribution in [0.15, 0.2) is 85.1 Å². The number of para-hydroxylation sites is 2. The zero-order valence-electron chi connectivity index (χ0n) is 19.5. The molecule has 0 unspecified atom stereocenters. The number of piperazine rings is 1. The maximum Gasteiger partial charge on any atom is 0.257 e. The summed E-state index contributed by atoms with van der Waals surface area (Å²) in [6, 6.07) is 26.1. The third-order valence-corrected chi connectivity index (χ3v) is 6.26. The molecule has 34 heavy (non-hydrogen) atoms. The summed E-state index contributed by atoms with van der Waals surface area (Å²) in [4.78, 5) is 18.0. The number of rotatable bonds is 5. The van der Waals surface area contributed by atoms with Gasteiger partial charge in [-0.3, -0.25) is 4.79 Å². The monoisotopic (exact) mass is 452 g/mol. The van der Waals surface area contributed by atoms with E-state index in [-0.39, 0.29) is 5.91 Å². The summed E-state index contributed by atoms with van der Waals surface area (Å²) in [6.07, 6.45) is 1.84. The van der Waals surface area contributed by atoms with Crippen LogP contribution in [0.2, 0.25) is 0 Å². The Balaban J connectivity index is 1.45. The fraction of sp³-hybridized carbons (Fsp3) is 0.214. The van der Waals surface area contributed by atoms with Crippen molar-refractivity contribution in [2.24, 2.45) is 0 Å². The Labute approximate surface area is 200 Å². The molecule has 6 heteroatoms. The highest BCUT2D eigenvalue weighted by Crippen LogP contribution is 2.32. The average molecular weight is 453 g/mol. The standard InChI is InChI=1S/C28H28N4O2/c1-21-9-8-12-23(19-21)30-15-17-31(18-16-30)28(33)25-20-32(22-10-4-3-5-11-22)29-27(25)24-13-6-7-14-26(24)34-2/h3-14,19-20H,15-18H2,1-2H3. The Bertz CT molecular complexity index is 1290. The van der Waals surface area contributed by atoms with Gasteiger partial charge in [0.25, 0.3) is 5.91 Å². The minimum Gasteiger partial charge on any atom is -0.496 e. The molecule has 1 saturated heterocycles. The Morgan fingerprint density at radius 3 is 2.29 bits per heavy atom. The SMILES string of the molecule is COc1ccccc1-c1nn(-c2ccccc2)cc1C(=O)N1CCN(c2cccc(C)c2)CC1. The molecular weight excluding hydrogens is 424 g/mol. The Morgan fingerprint density at radius 1 is 0.853 bits per heavy atom. The molecule has 172 valence electrons. The van der Waals surface area contributed by atoms with Crippen molar-refractivity contribution in [2.75, 3.05) is 38.2 Å². The third-order valence-electron chi connectivity index (χ3n) is 6.26. The molecule has 4 aromatic rings. The van der Waals surface area contributed by atoms with Crippen molar-refractivity contribution < 1.29 is 9.53 Å². The van der Waals surface area contributed by atoms with E-state index in [9.17, 15) is 4.79 Å². The molecule has 0 N–H and O–H groups in total. The molecule has 1 aliphatic heterocycles. The molecule has 1 fully saturated rings. The molecule has 1 aromatic heterocycles. The van der Waals surface area contributed by atoms with E-state index >= 15 is 0 Å². The molecule has 0 bridgehead atoms. The highest BCUT2D eigenvalue weighted by molar-refractivity contribution is 6.00. The number of hydrogen-bond acceptors (Lipinski definition) is 4. The summed E-state index contributed by atoms with van der Waals surface area (Å²) in [6.45, 7) is 5.02. The van der Waals surface area contributed by atoms with Crippen LogP contribution in [0.3, 0.4) is 0 Å². The lowest BCUT2D eigenvalue weighted by Crippen LogP contribution is -2.48. The lowest BCUT2D eigenvalue weighted by atomic mass is 10.1. The zero-order valence-corrected chi connectivity index (χ0v) is 19.5. The van der Waals surface area contributed by atoms with Gasteiger partial charge in [-0.2, -0.15) is 5.10 Å². The number of aryl methyl sites for hydroxylation is 1. The van der Waals surface area contributed by atoms with Crippen molar-refractivity contribution in [1.82, 2.24) is 14.7 Å². The van der Waals surface area contributed by atoms with E-state index < -0.39 is 0 Å². The van der Waals surface area contributed by atoms with Gasteiger partial charge >= 0.3 is 0 Å². The summed E-state index contributed by atoms with van der Waals surface area (Å²) < 4.78 is 7.36. The van der Waals surface area contributed by atoms with Gasteiger partial charge < -0.3 is 14.5 Å². The number of anilines is 1. The van der Waals surface area contributed by atoms with Gasteiger partial charge in [-0.05, 0) is 48.9 Å². The first-order chi connectivity index (χ1) is 16.6. The van der Waals surface area contributed by atoms with E-state index in [1.807, 2.05) is 65.7 Å². The largest absolute Gasteiger partial charge is 0.496 e. The van der Waals surface area contributed by atoms with Gasteiger partial charge in [0.05, 0.1) is 18.4 Å². The number of hydrogen-bond donors (Lipinski definition) is 0. The zero-order chi connectivity index (χ0) is 23.5. The molecular formula is C28H28N4O2. The van der Waals surface area contributed by atoms with Crippen molar-refractivity contribution in [3.63, 3.8) is 0 Å². The summed E-state index contributed by atoms with van der Waals surface area (Å²) in [5, 5.41) is 4.83. The number of carbonyl (C=O) groups is 1. The van der Waals surface area contributed by atoms with E-state index in [1.165, 1.54) is 11.3 Å². The van der Waals surface area contributed by atoms with Crippen LogP contribution in [0.25, 0.3) is 16.9 Å². The molecule has 1 aliphatic rings. The normalized spacial score (nSPS) is 13.7. The van der Waals surface area contributed by atoms with Crippen molar-refractivity contribution >= 4 is 11.6 Å². The molecule has 6 nitrogen and oxygen atoms in total. The molecule has 0 aliphatic carbocycles. The van der Waals surface area contributed by atoms with Crippen LogP contribution in [-0.2, 0) is 0 Å². The first kappa shape index (κ1) is 21.8. The van der Waals surface area contributed by atoms with Crippen LogP contribution in [0.4, 0.5) is 5.69 Å². The fourth-order valence-corrected chi connectivity index (χ4v) is 4.45. The van der Waals surface area contributed by atoms with Crippen LogP contribution >= 0.6 is 0 Å². The Kier molecular flexibility index (Phi) is 6.04. The number of benzene rings is 3. The van der Waals surface area contributed by atoms with Crippen LogP contribution in [0.5, 0.6) is 5.75 Å². The summed E-state index contributed by atoms with van der Waals surface area (Å²) in [7, 11) is 1.64. The van der Waals surface area contributed by atoms with Crippen LogP contribution in [0, 0.1) is 6.92 Å². The molecule has 0 atom stereocenters. The van der Waals surface area contributed by atoms with E-state index in [1.54, 1.807) is 11.8 Å². The van der Waals surface area contributed by atoms with Crippen molar-refractivity contribution in [3.05, 3.63) is 96.2 Å². The molecule has 3 aromatic carbocycles. The minimum absolute atomic E-state index is 0.00743. The highest BCUT2D eigenvalue weighted by atomic mass is 16.5. The topological polar surface area (TPSA) is 50.6 Å². The Morgan fingerprint density at radius 2 is 1.56 bits per heavy atom. The molecule has 0 saturated carbocycles. The van der Waals surface area contributed by atoms with Crippen LogP contribution in [0.1, 0.15) is 15.9 Å². The smallest absolute Gasteiger partial charge is 0.257 e. The van der Waals surface area contributed by atoms with Gasteiger partial charge in [0.15, 0.2) is 0 Å². The summed E-state index contributed by atoms with van der Waals surface area (Å²) in [5.41, 5.74) is 5.37. The van der Waals surface area contributed by atoms with Gasteiger partial charge in [-0.25, -0.2) is 4.68 Å². The maximum atomic E-state index is 13.7. The first-order valence-corrected chi connectivity index (χ1v) is 11.5. The molecule has 5 rings (SSSR count). The number of carbonyl (C=O) groups excluding carboxylic acids is 1. The lowest BCUT2D eigenvalue weighted by Gasteiger charge is -2.36. The van der Waals surface area contributed by atoms with Gasteiger partial charge in [0.2, 0.25) is 0 Å². The minimum atomic E-state index is -0.00743. The lowest BCUT2D eigenvalue weighted by molar-refractivity contribution is 0.0747. The maximum absolute atomic E-state index is 13.7. The average Bonchev–Trinajstić information content (AvgIpc) is 3.34. The van der Waals surface area contributed by atoms with E-state index in [4.69, 9.17) is 9.84 Å². The van der Waals surface area contributed by atoms with E-state index in [0.29, 0.717) is 30.1 Å². The molecule has 0 radical (unpaired) electrons. The van der Waals surface area contributed by atoms with E-state index in [0.717, 1.165) is 24.3 Å². The van der Waals surface area contributed by atoms with Crippen molar-refractivity contribution in [1.29, 1.82) is 0 Å². The van der Waals surface area contributed by atoms with Crippen LogP contribution in [-0.4, -0.2) is 53.9 Å². The summed E-state index contributed by atoms with van der Waals surface area (Å²) >= 11 is 0. The quantitative estimate of drug-likeness (QED) is 0.436. The second kappa shape index (κ2) is 9.43. The number of nitrogens with zero attached hydrogens (tertiary/aromatic N) is 4. The molecule has 0 spiro atoms. The number of aromatic nitrogens is 2. The number of methoxy groups -OCH3 is 1. The number of amides is 1. The second-order valence-electron chi connectivity index (χ2n) is 8.49. The van der Waals surface area contributed by atoms with Crippen molar-refractivity contribution in [2.45, 2.75) is 6.92 Å². The first-order valence-electron chi connectivity index (χ1n) is 11.5. The number of ether oxygens (including phenoxy) is 1. The van der Waals surface area contributed by atoms with Crippen LogP contribution < -0.4 is 9.64 Å². The second-order valence-corrected chi connectivity index (χ2v) is 8.49. The summed E-state index contributed by atoms with van der Waals surface area (Å²) in [5.74, 6) is 0.686. The highest BCUT2D eigenvalue weighted by Gasteiger charge is 2.27. The molecule has 2 heterocycles. The molecule has 1 amide bonds. The predicted octanol–water partition coefficient (Wildman–Crippen LogP) is 4.82.